The number of benzene rings is 2. The SMILES string of the molecule is NC(=Nc1ccc2[nH]c3ccccc3c2c1)c1cccs1. The summed E-state index contributed by atoms with van der Waals surface area (Å²) in [5, 5.41) is 4.38. The number of aromatic amines is 1. The zero-order valence-corrected chi connectivity index (χ0v) is 12.0. The van der Waals surface area contributed by atoms with Gasteiger partial charge in [0.15, 0.2) is 0 Å². The number of hydrogen-bond donors (Lipinski definition) is 2. The number of para-hydroxylation sites is 1. The van der Waals surface area contributed by atoms with Crippen LogP contribution in [0.2, 0.25) is 0 Å². The summed E-state index contributed by atoms with van der Waals surface area (Å²) in [4.78, 5) is 8.93. The molecule has 2 heterocycles. The Morgan fingerprint density at radius 3 is 2.67 bits per heavy atom. The zero-order chi connectivity index (χ0) is 14.2. The van der Waals surface area contributed by atoms with Gasteiger partial charge in [-0.2, -0.15) is 0 Å². The van der Waals surface area contributed by atoms with Crippen molar-refractivity contribution < 1.29 is 0 Å². The first kappa shape index (κ1) is 12.2. The van der Waals surface area contributed by atoms with Gasteiger partial charge in [0.2, 0.25) is 0 Å². The number of thiophene rings is 1. The Labute approximate surface area is 125 Å². The third-order valence-electron chi connectivity index (χ3n) is 3.51. The van der Waals surface area contributed by atoms with Crippen molar-refractivity contribution in [3.63, 3.8) is 0 Å². The largest absolute Gasteiger partial charge is 0.383 e. The molecule has 0 aliphatic carbocycles. The van der Waals surface area contributed by atoms with E-state index in [0.29, 0.717) is 5.84 Å². The van der Waals surface area contributed by atoms with Crippen molar-refractivity contribution in [2.24, 2.45) is 10.7 Å². The average molecular weight is 291 g/mol. The van der Waals surface area contributed by atoms with Crippen molar-refractivity contribution in [1.82, 2.24) is 4.98 Å². The number of H-pyrrole nitrogens is 1. The monoisotopic (exact) mass is 291 g/mol. The van der Waals surface area contributed by atoms with Gasteiger partial charge in [0.1, 0.15) is 5.84 Å². The summed E-state index contributed by atoms with van der Waals surface area (Å²) in [5.74, 6) is 0.559. The van der Waals surface area contributed by atoms with Crippen molar-refractivity contribution >= 4 is 44.7 Å². The number of aromatic nitrogens is 1. The van der Waals surface area contributed by atoms with Crippen molar-refractivity contribution in [3.8, 4) is 0 Å². The van der Waals surface area contributed by atoms with Gasteiger partial charge >= 0.3 is 0 Å². The molecule has 0 radical (unpaired) electrons. The molecule has 102 valence electrons. The minimum absolute atomic E-state index is 0.559. The molecule has 0 unspecified atom stereocenters. The lowest BCUT2D eigenvalue weighted by Gasteiger charge is -1.99. The predicted molar refractivity (Wildman–Crippen MR) is 90.5 cm³/mol. The smallest absolute Gasteiger partial charge is 0.141 e. The van der Waals surface area contributed by atoms with Gasteiger partial charge in [-0.1, -0.05) is 24.3 Å². The van der Waals surface area contributed by atoms with Crippen LogP contribution in [0.5, 0.6) is 0 Å². The van der Waals surface area contributed by atoms with Crippen LogP contribution in [-0.2, 0) is 0 Å². The number of nitrogens with zero attached hydrogens (tertiary/aromatic N) is 1. The van der Waals surface area contributed by atoms with Crippen LogP contribution in [0.25, 0.3) is 21.8 Å². The van der Waals surface area contributed by atoms with Crippen LogP contribution in [0, 0.1) is 0 Å². The molecular formula is C17H13N3S. The fraction of sp³-hybridized carbons (Fsp3) is 0. The lowest BCUT2D eigenvalue weighted by Crippen LogP contribution is -2.10. The molecule has 4 aromatic rings. The van der Waals surface area contributed by atoms with Crippen molar-refractivity contribution in [1.29, 1.82) is 0 Å². The normalized spacial score (nSPS) is 12.3. The molecule has 2 aromatic heterocycles. The molecule has 0 aliphatic rings. The number of rotatable bonds is 2. The lowest BCUT2D eigenvalue weighted by atomic mass is 10.1. The van der Waals surface area contributed by atoms with E-state index in [-0.39, 0.29) is 0 Å². The highest BCUT2D eigenvalue weighted by molar-refractivity contribution is 7.12. The Morgan fingerprint density at radius 1 is 0.952 bits per heavy atom. The molecule has 4 rings (SSSR count). The average Bonchev–Trinajstić information content (AvgIpc) is 3.14. The second-order valence-electron chi connectivity index (χ2n) is 4.87. The standard InChI is InChI=1S/C17H13N3S/c18-17(16-6-3-9-21-16)19-11-7-8-15-13(10-11)12-4-1-2-5-14(12)20-15/h1-10,20H,(H2,18,19). The molecule has 3 N–H and O–H groups in total. The van der Waals surface area contributed by atoms with Crippen LogP contribution in [0.3, 0.4) is 0 Å². The highest BCUT2D eigenvalue weighted by Crippen LogP contribution is 2.28. The predicted octanol–water partition coefficient (Wildman–Crippen LogP) is 4.42. The maximum Gasteiger partial charge on any atom is 0.141 e. The number of nitrogens with two attached hydrogens (primary N) is 1. The van der Waals surface area contributed by atoms with Gasteiger partial charge in [-0.05, 0) is 35.7 Å². The van der Waals surface area contributed by atoms with Gasteiger partial charge in [-0.25, -0.2) is 4.99 Å². The summed E-state index contributed by atoms with van der Waals surface area (Å²) in [5.41, 5.74) is 9.18. The van der Waals surface area contributed by atoms with Gasteiger partial charge in [-0.15, -0.1) is 11.3 Å². The van der Waals surface area contributed by atoms with Crippen LogP contribution in [-0.4, -0.2) is 10.8 Å². The molecule has 0 amide bonds. The first-order valence-electron chi connectivity index (χ1n) is 6.70. The van der Waals surface area contributed by atoms with Gasteiger partial charge < -0.3 is 10.7 Å². The Kier molecular flexibility index (Phi) is 2.75. The van der Waals surface area contributed by atoms with E-state index in [1.54, 1.807) is 11.3 Å². The quantitative estimate of drug-likeness (QED) is 0.417. The number of aliphatic imine (C=N–C) groups is 1. The van der Waals surface area contributed by atoms with E-state index in [2.05, 4.69) is 34.2 Å². The first-order chi connectivity index (χ1) is 10.3. The topological polar surface area (TPSA) is 54.2 Å². The van der Waals surface area contributed by atoms with E-state index in [9.17, 15) is 0 Å². The maximum atomic E-state index is 6.06. The van der Waals surface area contributed by atoms with Gasteiger partial charge in [0, 0.05) is 21.8 Å². The molecule has 4 heteroatoms. The van der Waals surface area contributed by atoms with Crippen LogP contribution in [0.4, 0.5) is 5.69 Å². The molecule has 0 spiro atoms. The van der Waals surface area contributed by atoms with E-state index < -0.39 is 0 Å². The van der Waals surface area contributed by atoms with Crippen LogP contribution in [0.1, 0.15) is 4.88 Å². The van der Waals surface area contributed by atoms with Gasteiger partial charge in [-0.3, -0.25) is 0 Å². The molecule has 2 aromatic carbocycles. The second-order valence-corrected chi connectivity index (χ2v) is 5.82. The van der Waals surface area contributed by atoms with Crippen molar-refractivity contribution in [2.45, 2.75) is 0 Å². The van der Waals surface area contributed by atoms with E-state index >= 15 is 0 Å². The van der Waals surface area contributed by atoms with Crippen molar-refractivity contribution in [2.75, 3.05) is 0 Å². The number of nitrogens with one attached hydrogen (secondary N) is 1. The Bertz CT molecular complexity index is 949. The first-order valence-corrected chi connectivity index (χ1v) is 7.58. The number of fused-ring (bicyclic) bond motifs is 3. The van der Waals surface area contributed by atoms with E-state index in [4.69, 9.17) is 5.73 Å². The van der Waals surface area contributed by atoms with E-state index in [1.807, 2.05) is 35.7 Å². The van der Waals surface area contributed by atoms with E-state index in [0.717, 1.165) is 21.6 Å². The zero-order valence-electron chi connectivity index (χ0n) is 11.2. The molecular weight excluding hydrogens is 278 g/mol. The minimum Gasteiger partial charge on any atom is -0.383 e. The van der Waals surface area contributed by atoms with Gasteiger partial charge in [0.05, 0.1) is 10.6 Å². The Morgan fingerprint density at radius 2 is 1.81 bits per heavy atom. The van der Waals surface area contributed by atoms with E-state index in [1.165, 1.54) is 10.8 Å². The third kappa shape index (κ3) is 2.10. The molecule has 0 aliphatic heterocycles. The van der Waals surface area contributed by atoms with Crippen LogP contribution in [0.15, 0.2) is 65.0 Å². The minimum atomic E-state index is 0.559. The van der Waals surface area contributed by atoms with Gasteiger partial charge in [0.25, 0.3) is 0 Å². The highest BCUT2D eigenvalue weighted by Gasteiger charge is 2.05. The molecule has 0 bridgehead atoms. The molecule has 21 heavy (non-hydrogen) atoms. The highest BCUT2D eigenvalue weighted by atomic mass is 32.1. The van der Waals surface area contributed by atoms with Crippen molar-refractivity contribution in [3.05, 3.63) is 64.9 Å². The van der Waals surface area contributed by atoms with Crippen LogP contribution < -0.4 is 5.73 Å². The summed E-state index contributed by atoms with van der Waals surface area (Å²) < 4.78 is 0. The molecule has 3 nitrogen and oxygen atoms in total. The summed E-state index contributed by atoms with van der Waals surface area (Å²) in [7, 11) is 0. The molecule has 0 saturated carbocycles. The summed E-state index contributed by atoms with van der Waals surface area (Å²) in [6.07, 6.45) is 0. The van der Waals surface area contributed by atoms with Crippen LogP contribution >= 0.6 is 11.3 Å². The fourth-order valence-corrected chi connectivity index (χ4v) is 3.15. The number of amidine groups is 1. The summed E-state index contributed by atoms with van der Waals surface area (Å²) >= 11 is 1.60. The maximum absolute atomic E-state index is 6.06. The summed E-state index contributed by atoms with van der Waals surface area (Å²) in [6.45, 7) is 0. The molecule has 0 atom stereocenters. The molecule has 0 saturated heterocycles. The second kappa shape index (κ2) is 4.75. The molecule has 0 fully saturated rings. The lowest BCUT2D eigenvalue weighted by molar-refractivity contribution is 1.48. The number of hydrogen-bond acceptors (Lipinski definition) is 2. The third-order valence-corrected chi connectivity index (χ3v) is 4.41. The Balaban J connectivity index is 1.87. The summed E-state index contributed by atoms with van der Waals surface area (Å²) in [6, 6.07) is 18.3. The fourth-order valence-electron chi connectivity index (χ4n) is 2.52. The Hall–Kier alpha value is -2.59.